The topological polar surface area (TPSA) is 84.2 Å². The summed E-state index contributed by atoms with van der Waals surface area (Å²) in [5, 5.41) is 17.2. The van der Waals surface area contributed by atoms with Gasteiger partial charge >= 0.3 is 0 Å². The number of carbonyl (C=O) groups excluding carboxylic acids is 1. The number of nitrogens with one attached hydrogen (secondary N) is 1. The van der Waals surface area contributed by atoms with E-state index in [0.29, 0.717) is 10.9 Å². The van der Waals surface area contributed by atoms with Crippen LogP contribution in [-0.2, 0) is 11.3 Å². The third-order valence-corrected chi connectivity index (χ3v) is 4.83. The van der Waals surface area contributed by atoms with Crippen LogP contribution < -0.4 is 10.7 Å². The van der Waals surface area contributed by atoms with Gasteiger partial charge < -0.3 is 10.4 Å². The SMILES string of the molecule is CC1(CO)CCCC1NC(=O)Cn1ncc(=O)c2ccccc21. The Balaban J connectivity index is 1.79. The van der Waals surface area contributed by atoms with Crippen molar-refractivity contribution in [1.29, 1.82) is 0 Å². The molecule has 1 heterocycles. The molecule has 2 N–H and O–H groups in total. The summed E-state index contributed by atoms with van der Waals surface area (Å²) in [6.07, 6.45) is 4.03. The number of amides is 1. The average Bonchev–Trinajstić information content (AvgIpc) is 2.92. The van der Waals surface area contributed by atoms with Gasteiger partial charge in [0, 0.05) is 16.8 Å². The van der Waals surface area contributed by atoms with Crippen LogP contribution in [-0.4, -0.2) is 33.4 Å². The smallest absolute Gasteiger partial charge is 0.241 e. The minimum absolute atomic E-state index is 0.0226. The second kappa shape index (κ2) is 6.12. The molecule has 1 saturated carbocycles. The molecule has 2 aromatic rings. The Kier molecular flexibility index (Phi) is 4.17. The molecule has 0 radical (unpaired) electrons. The van der Waals surface area contributed by atoms with E-state index in [1.54, 1.807) is 18.2 Å². The lowest BCUT2D eigenvalue weighted by Gasteiger charge is -2.30. The van der Waals surface area contributed by atoms with E-state index in [1.807, 2.05) is 13.0 Å². The van der Waals surface area contributed by atoms with Gasteiger partial charge in [0.2, 0.25) is 11.3 Å². The summed E-state index contributed by atoms with van der Waals surface area (Å²) in [7, 11) is 0. The van der Waals surface area contributed by atoms with Crippen LogP contribution in [0, 0.1) is 5.41 Å². The quantitative estimate of drug-likeness (QED) is 0.884. The molecule has 1 aliphatic carbocycles. The highest BCUT2D eigenvalue weighted by molar-refractivity contribution is 5.81. The monoisotopic (exact) mass is 315 g/mol. The Morgan fingerprint density at radius 1 is 1.48 bits per heavy atom. The first-order chi connectivity index (χ1) is 11.0. The van der Waals surface area contributed by atoms with Crippen LogP contribution in [0.5, 0.6) is 0 Å². The zero-order valence-corrected chi connectivity index (χ0v) is 13.2. The lowest BCUT2D eigenvalue weighted by atomic mass is 9.86. The first kappa shape index (κ1) is 15.7. The largest absolute Gasteiger partial charge is 0.396 e. The van der Waals surface area contributed by atoms with Crippen molar-refractivity contribution < 1.29 is 9.90 Å². The Morgan fingerprint density at radius 3 is 3.04 bits per heavy atom. The molecule has 122 valence electrons. The molecule has 1 aliphatic rings. The minimum atomic E-state index is -0.255. The number of para-hydroxylation sites is 1. The van der Waals surface area contributed by atoms with Crippen molar-refractivity contribution in [1.82, 2.24) is 15.1 Å². The molecule has 1 aromatic carbocycles. The van der Waals surface area contributed by atoms with E-state index >= 15 is 0 Å². The van der Waals surface area contributed by atoms with Gasteiger partial charge in [0.15, 0.2) is 0 Å². The fraction of sp³-hybridized carbons (Fsp3) is 0.471. The van der Waals surface area contributed by atoms with Crippen LogP contribution in [0.15, 0.2) is 35.3 Å². The van der Waals surface area contributed by atoms with Crippen molar-refractivity contribution in [3.63, 3.8) is 0 Å². The highest BCUT2D eigenvalue weighted by Crippen LogP contribution is 2.37. The fourth-order valence-electron chi connectivity index (χ4n) is 3.33. The molecule has 2 atom stereocenters. The van der Waals surface area contributed by atoms with Crippen molar-refractivity contribution >= 4 is 16.8 Å². The molecule has 0 aliphatic heterocycles. The lowest BCUT2D eigenvalue weighted by Crippen LogP contribution is -2.46. The molecule has 6 nitrogen and oxygen atoms in total. The lowest BCUT2D eigenvalue weighted by molar-refractivity contribution is -0.123. The standard InChI is InChI=1S/C17H21N3O3/c1-17(11-21)8-4-7-15(17)19-16(23)10-20-13-6-3-2-5-12(13)14(22)9-18-20/h2-3,5-6,9,15,21H,4,7-8,10-11H2,1H3,(H,19,23). The van der Waals surface area contributed by atoms with Gasteiger partial charge in [-0.15, -0.1) is 0 Å². The maximum absolute atomic E-state index is 12.4. The number of aliphatic hydroxyl groups excluding tert-OH is 1. The first-order valence-electron chi connectivity index (χ1n) is 7.88. The van der Waals surface area contributed by atoms with E-state index in [-0.39, 0.29) is 35.9 Å². The maximum atomic E-state index is 12.4. The van der Waals surface area contributed by atoms with Gasteiger partial charge in [-0.2, -0.15) is 5.10 Å². The normalized spacial score (nSPS) is 24.0. The zero-order valence-electron chi connectivity index (χ0n) is 13.2. The number of aliphatic hydroxyl groups is 1. The van der Waals surface area contributed by atoms with Gasteiger partial charge in [-0.25, -0.2) is 0 Å². The van der Waals surface area contributed by atoms with Crippen molar-refractivity contribution in [3.8, 4) is 0 Å². The number of hydrogen-bond donors (Lipinski definition) is 2. The summed E-state index contributed by atoms with van der Waals surface area (Å²) < 4.78 is 1.54. The number of benzene rings is 1. The fourth-order valence-corrected chi connectivity index (χ4v) is 3.33. The molecule has 0 bridgehead atoms. The molecule has 1 fully saturated rings. The summed E-state index contributed by atoms with van der Waals surface area (Å²) in [6, 6.07) is 7.10. The molecule has 1 aromatic heterocycles. The summed E-state index contributed by atoms with van der Waals surface area (Å²) in [5.74, 6) is -0.155. The second-order valence-electron chi connectivity index (χ2n) is 6.51. The van der Waals surface area contributed by atoms with E-state index in [4.69, 9.17) is 0 Å². The molecule has 1 amide bonds. The van der Waals surface area contributed by atoms with Gasteiger partial charge in [-0.3, -0.25) is 14.3 Å². The summed E-state index contributed by atoms with van der Waals surface area (Å²) >= 11 is 0. The van der Waals surface area contributed by atoms with E-state index in [2.05, 4.69) is 10.4 Å². The van der Waals surface area contributed by atoms with Crippen LogP contribution in [0.2, 0.25) is 0 Å². The highest BCUT2D eigenvalue weighted by atomic mass is 16.3. The van der Waals surface area contributed by atoms with Crippen molar-refractivity contribution in [2.24, 2.45) is 5.41 Å². The third-order valence-electron chi connectivity index (χ3n) is 4.83. The molecule has 3 rings (SSSR count). The van der Waals surface area contributed by atoms with E-state index in [0.717, 1.165) is 19.3 Å². The average molecular weight is 315 g/mol. The van der Waals surface area contributed by atoms with Gasteiger partial charge in [0.25, 0.3) is 0 Å². The summed E-state index contributed by atoms with van der Waals surface area (Å²) in [5.41, 5.74) is 0.238. The van der Waals surface area contributed by atoms with Gasteiger partial charge in [-0.1, -0.05) is 25.5 Å². The molecule has 0 spiro atoms. The van der Waals surface area contributed by atoms with Crippen molar-refractivity contribution in [3.05, 3.63) is 40.7 Å². The van der Waals surface area contributed by atoms with Crippen LogP contribution in [0.3, 0.4) is 0 Å². The summed E-state index contributed by atoms with van der Waals surface area (Å²) in [6.45, 7) is 2.12. The van der Waals surface area contributed by atoms with Gasteiger partial charge in [0.05, 0.1) is 18.3 Å². The number of hydrogen-bond acceptors (Lipinski definition) is 4. The highest BCUT2D eigenvalue weighted by Gasteiger charge is 2.39. The van der Waals surface area contributed by atoms with Crippen LogP contribution in [0.25, 0.3) is 10.9 Å². The van der Waals surface area contributed by atoms with Crippen LogP contribution in [0.1, 0.15) is 26.2 Å². The Bertz CT molecular complexity index is 786. The molecule has 0 saturated heterocycles. The minimum Gasteiger partial charge on any atom is -0.396 e. The second-order valence-corrected chi connectivity index (χ2v) is 6.51. The van der Waals surface area contributed by atoms with Crippen LogP contribution in [0.4, 0.5) is 0 Å². The first-order valence-corrected chi connectivity index (χ1v) is 7.88. The number of fused-ring (bicyclic) bond motifs is 1. The van der Waals surface area contributed by atoms with E-state index in [1.165, 1.54) is 10.9 Å². The number of nitrogens with zero attached hydrogens (tertiary/aromatic N) is 2. The molecule has 2 unspecified atom stereocenters. The number of rotatable bonds is 4. The predicted molar refractivity (Wildman–Crippen MR) is 87.0 cm³/mol. The third kappa shape index (κ3) is 2.99. The van der Waals surface area contributed by atoms with Gasteiger partial charge in [0.1, 0.15) is 6.54 Å². The van der Waals surface area contributed by atoms with Crippen molar-refractivity contribution in [2.45, 2.75) is 38.8 Å². The maximum Gasteiger partial charge on any atom is 0.241 e. The van der Waals surface area contributed by atoms with Crippen LogP contribution >= 0.6 is 0 Å². The van der Waals surface area contributed by atoms with Crippen molar-refractivity contribution in [2.75, 3.05) is 6.61 Å². The number of carbonyl (C=O) groups is 1. The summed E-state index contributed by atoms with van der Waals surface area (Å²) in [4.78, 5) is 24.2. The predicted octanol–water partition coefficient (Wildman–Crippen LogP) is 1.06. The van der Waals surface area contributed by atoms with E-state index in [9.17, 15) is 14.7 Å². The molecule has 23 heavy (non-hydrogen) atoms. The Morgan fingerprint density at radius 2 is 2.26 bits per heavy atom. The van der Waals surface area contributed by atoms with Gasteiger partial charge in [-0.05, 0) is 25.0 Å². The molecular formula is C17H21N3O3. The zero-order chi connectivity index (χ0) is 16.4. The number of aromatic nitrogens is 2. The Hall–Kier alpha value is -2.21. The molecular weight excluding hydrogens is 294 g/mol. The van der Waals surface area contributed by atoms with E-state index < -0.39 is 0 Å². The Labute approximate surface area is 134 Å². The molecule has 6 heteroatoms.